The Kier molecular flexibility index (Phi) is 7.91. The van der Waals surface area contributed by atoms with Gasteiger partial charge in [0.05, 0.1) is 17.9 Å². The van der Waals surface area contributed by atoms with E-state index in [-0.39, 0.29) is 30.0 Å². The molecule has 37 heavy (non-hydrogen) atoms. The summed E-state index contributed by atoms with van der Waals surface area (Å²) in [4.78, 5) is 51.1. The van der Waals surface area contributed by atoms with E-state index in [0.717, 1.165) is 4.90 Å². The van der Waals surface area contributed by atoms with Crippen molar-refractivity contribution in [3.8, 4) is 5.75 Å². The molecule has 1 aliphatic rings. The van der Waals surface area contributed by atoms with Crippen molar-refractivity contribution in [2.24, 2.45) is 0 Å². The first-order valence-corrected chi connectivity index (χ1v) is 11.9. The largest absolute Gasteiger partial charge is 0.488 e. The predicted molar refractivity (Wildman–Crippen MR) is 139 cm³/mol. The molecule has 4 amide bonds. The van der Waals surface area contributed by atoms with Gasteiger partial charge < -0.3 is 9.47 Å². The van der Waals surface area contributed by atoms with Gasteiger partial charge in [0.25, 0.3) is 11.8 Å². The van der Waals surface area contributed by atoms with E-state index in [1.165, 1.54) is 30.3 Å². The Morgan fingerprint density at radius 2 is 1.73 bits per heavy atom. The average Bonchev–Trinajstić information content (AvgIpc) is 2.87. The Hall–Kier alpha value is -4.14. The zero-order chi connectivity index (χ0) is 26.5. The maximum Gasteiger partial charge on any atom is 0.338 e. The number of para-hydroxylation sites is 1. The number of nitrogens with zero attached hydrogens (tertiary/aromatic N) is 1. The normalized spacial score (nSPS) is 14.5. The molecule has 0 bridgehead atoms. The maximum absolute atomic E-state index is 13.3. The quantitative estimate of drug-likeness (QED) is 0.245. The molecule has 0 aromatic heterocycles. The average molecular weight is 539 g/mol. The lowest BCUT2D eigenvalue weighted by Gasteiger charge is -2.26. The van der Waals surface area contributed by atoms with E-state index < -0.39 is 23.8 Å². The Balaban J connectivity index is 1.60. The molecule has 0 saturated carbocycles. The lowest BCUT2D eigenvalue weighted by Crippen LogP contribution is -2.54. The number of esters is 1. The second kappa shape index (κ2) is 11.3. The summed E-state index contributed by atoms with van der Waals surface area (Å²) in [7, 11) is 0. The van der Waals surface area contributed by atoms with Gasteiger partial charge in [-0.25, -0.2) is 14.5 Å². The highest BCUT2D eigenvalue weighted by Gasteiger charge is 2.37. The first-order valence-electron chi connectivity index (χ1n) is 11.1. The summed E-state index contributed by atoms with van der Waals surface area (Å²) in [5, 5.41) is 3.11. The van der Waals surface area contributed by atoms with Gasteiger partial charge in [0.2, 0.25) is 0 Å². The van der Waals surface area contributed by atoms with Crippen molar-refractivity contribution in [3.05, 3.63) is 99.0 Å². The van der Waals surface area contributed by atoms with Crippen LogP contribution in [-0.4, -0.2) is 30.4 Å². The Labute approximate surface area is 222 Å². The summed E-state index contributed by atoms with van der Waals surface area (Å²) in [6, 6.07) is 16.6. The van der Waals surface area contributed by atoms with Crippen molar-refractivity contribution >= 4 is 58.8 Å². The van der Waals surface area contributed by atoms with Crippen molar-refractivity contribution in [2.75, 3.05) is 11.5 Å². The smallest absolute Gasteiger partial charge is 0.338 e. The summed E-state index contributed by atoms with van der Waals surface area (Å²) in [6.45, 7) is 2.01. The Bertz CT molecular complexity index is 1420. The van der Waals surface area contributed by atoms with Crippen molar-refractivity contribution in [2.45, 2.75) is 13.5 Å². The minimum Gasteiger partial charge on any atom is -0.488 e. The number of ether oxygens (including phenoxy) is 2. The van der Waals surface area contributed by atoms with E-state index in [1.807, 2.05) is 0 Å². The zero-order valence-electron chi connectivity index (χ0n) is 19.5. The number of hydrogen-bond donors (Lipinski definition) is 1. The summed E-state index contributed by atoms with van der Waals surface area (Å²) < 4.78 is 10.9. The molecule has 4 rings (SSSR count). The van der Waals surface area contributed by atoms with Crippen LogP contribution < -0.4 is 15.0 Å². The lowest BCUT2D eigenvalue weighted by molar-refractivity contribution is -0.122. The molecule has 3 aromatic rings. The summed E-state index contributed by atoms with van der Waals surface area (Å²) in [5.74, 6) is -1.81. The number of anilines is 1. The van der Waals surface area contributed by atoms with Crippen LogP contribution >= 0.6 is 23.2 Å². The molecule has 0 spiro atoms. The first-order chi connectivity index (χ1) is 17.8. The van der Waals surface area contributed by atoms with Crippen LogP contribution in [0.3, 0.4) is 0 Å². The number of urea groups is 1. The fraction of sp³-hybridized carbons (Fsp3) is 0.111. The summed E-state index contributed by atoms with van der Waals surface area (Å²) in [5.41, 5.74) is 1.31. The van der Waals surface area contributed by atoms with Crippen LogP contribution in [0, 0.1) is 0 Å². The molecule has 0 atom stereocenters. The molecule has 0 radical (unpaired) electrons. The highest BCUT2D eigenvalue weighted by atomic mass is 35.5. The minimum absolute atomic E-state index is 0.119. The van der Waals surface area contributed by atoms with Gasteiger partial charge in [0, 0.05) is 21.2 Å². The van der Waals surface area contributed by atoms with Crippen LogP contribution in [0.5, 0.6) is 5.75 Å². The van der Waals surface area contributed by atoms with Gasteiger partial charge in [-0.05, 0) is 55.5 Å². The van der Waals surface area contributed by atoms with Crippen molar-refractivity contribution in [1.82, 2.24) is 5.32 Å². The van der Waals surface area contributed by atoms with Crippen LogP contribution in [0.15, 0.2) is 72.3 Å². The molecule has 0 aliphatic carbocycles. The van der Waals surface area contributed by atoms with E-state index >= 15 is 0 Å². The molecular formula is C27H20Cl2N2O6. The third-order valence-corrected chi connectivity index (χ3v) is 5.94. The number of rotatable bonds is 7. The monoisotopic (exact) mass is 538 g/mol. The SMILES string of the molecule is CCOC(=O)c1ccc(N2C(=O)NC(=O)/C(=C\c3ccccc3OCc3ccc(Cl)cc3Cl)C2=O)cc1. The standard InChI is InChI=1S/C27H20Cl2N2O6/c1-2-36-26(34)16-8-11-20(12-9-16)31-25(33)21(24(32)30-27(31)35)13-17-5-3-4-6-23(17)37-15-18-7-10-19(28)14-22(18)29/h3-14H,2,15H2,1H3,(H,30,32,35)/b21-13+. The van der Waals surface area contributed by atoms with Crippen molar-refractivity contribution < 1.29 is 28.7 Å². The Morgan fingerprint density at radius 1 is 1.00 bits per heavy atom. The number of carbonyl (C=O) groups is 4. The predicted octanol–water partition coefficient (Wildman–Crippen LogP) is 5.42. The second-order valence-electron chi connectivity index (χ2n) is 7.79. The molecule has 0 unspecified atom stereocenters. The van der Waals surface area contributed by atoms with Crippen molar-refractivity contribution in [3.63, 3.8) is 0 Å². The van der Waals surface area contributed by atoms with E-state index in [0.29, 0.717) is 26.9 Å². The molecule has 1 fully saturated rings. The zero-order valence-corrected chi connectivity index (χ0v) is 21.0. The number of carbonyl (C=O) groups excluding carboxylic acids is 4. The van der Waals surface area contributed by atoms with Crippen LogP contribution in [0.1, 0.15) is 28.4 Å². The number of nitrogens with one attached hydrogen (secondary N) is 1. The number of amides is 4. The first kappa shape index (κ1) is 25.9. The molecule has 8 nitrogen and oxygen atoms in total. The molecule has 1 N–H and O–H groups in total. The maximum atomic E-state index is 13.3. The Morgan fingerprint density at radius 3 is 2.43 bits per heavy atom. The van der Waals surface area contributed by atoms with E-state index in [4.69, 9.17) is 32.7 Å². The minimum atomic E-state index is -0.905. The van der Waals surface area contributed by atoms with E-state index in [9.17, 15) is 19.2 Å². The highest BCUT2D eigenvalue weighted by molar-refractivity contribution is 6.39. The topological polar surface area (TPSA) is 102 Å². The molecular weight excluding hydrogens is 519 g/mol. The molecule has 188 valence electrons. The third-order valence-electron chi connectivity index (χ3n) is 5.36. The molecule has 1 heterocycles. The number of benzene rings is 3. The molecule has 1 saturated heterocycles. The fourth-order valence-electron chi connectivity index (χ4n) is 3.53. The van der Waals surface area contributed by atoms with Crippen LogP contribution in [0.4, 0.5) is 10.5 Å². The second-order valence-corrected chi connectivity index (χ2v) is 8.63. The summed E-state index contributed by atoms with van der Waals surface area (Å²) >= 11 is 12.2. The molecule has 1 aliphatic heterocycles. The van der Waals surface area contributed by atoms with Gasteiger partial charge in [0.1, 0.15) is 17.9 Å². The van der Waals surface area contributed by atoms with Crippen LogP contribution in [0.25, 0.3) is 6.08 Å². The number of halogens is 2. The van der Waals surface area contributed by atoms with Gasteiger partial charge in [-0.15, -0.1) is 0 Å². The van der Waals surface area contributed by atoms with Gasteiger partial charge in [0.15, 0.2) is 0 Å². The van der Waals surface area contributed by atoms with Crippen LogP contribution in [-0.2, 0) is 20.9 Å². The van der Waals surface area contributed by atoms with Crippen molar-refractivity contribution in [1.29, 1.82) is 0 Å². The number of barbiturate groups is 1. The van der Waals surface area contributed by atoms with E-state index in [1.54, 1.807) is 49.4 Å². The van der Waals surface area contributed by atoms with Gasteiger partial charge in [-0.3, -0.25) is 14.9 Å². The van der Waals surface area contributed by atoms with Gasteiger partial charge in [-0.1, -0.05) is 47.5 Å². The van der Waals surface area contributed by atoms with Gasteiger partial charge in [-0.2, -0.15) is 0 Å². The number of hydrogen-bond acceptors (Lipinski definition) is 6. The fourth-order valence-corrected chi connectivity index (χ4v) is 4.00. The molecule has 10 heteroatoms. The van der Waals surface area contributed by atoms with Gasteiger partial charge >= 0.3 is 12.0 Å². The highest BCUT2D eigenvalue weighted by Crippen LogP contribution is 2.28. The summed E-state index contributed by atoms with van der Waals surface area (Å²) in [6.07, 6.45) is 1.35. The van der Waals surface area contributed by atoms with Crippen LogP contribution in [0.2, 0.25) is 10.0 Å². The molecule has 3 aromatic carbocycles. The van der Waals surface area contributed by atoms with E-state index in [2.05, 4.69) is 5.32 Å². The third kappa shape index (κ3) is 5.82. The lowest BCUT2D eigenvalue weighted by atomic mass is 10.1. The number of imide groups is 2.